The van der Waals surface area contributed by atoms with E-state index in [4.69, 9.17) is 10.6 Å². The highest BCUT2D eigenvalue weighted by molar-refractivity contribution is 5.85. The summed E-state index contributed by atoms with van der Waals surface area (Å²) in [6, 6.07) is 0. The lowest BCUT2D eigenvalue weighted by atomic mass is 10.4. The Bertz CT molecular complexity index is 91.6. The van der Waals surface area contributed by atoms with E-state index in [1.165, 1.54) is 0 Å². The van der Waals surface area contributed by atoms with E-state index in [0.717, 1.165) is 32.8 Å². The molecule has 0 radical (unpaired) electrons. The van der Waals surface area contributed by atoms with Gasteiger partial charge in [-0.2, -0.15) is 0 Å². The molecule has 0 aliphatic carbocycles. The summed E-state index contributed by atoms with van der Waals surface area (Å²) < 4.78 is 5.17. The van der Waals surface area contributed by atoms with E-state index in [1.54, 1.807) is 0 Å². The average Bonchev–Trinajstić information content (AvgIpc) is 2.03. The molecule has 0 aromatic carbocycles. The second-order valence-corrected chi connectivity index (χ2v) is 2.32. The molecule has 6 heteroatoms. The van der Waals surface area contributed by atoms with Crippen LogP contribution in [0, 0.1) is 0 Å². The quantitative estimate of drug-likeness (QED) is 0.681. The van der Waals surface area contributed by atoms with Crippen molar-refractivity contribution < 1.29 is 9.57 Å². The van der Waals surface area contributed by atoms with Gasteiger partial charge in [-0.1, -0.05) is 0 Å². The second kappa shape index (κ2) is 9.51. The third kappa shape index (κ3) is 5.99. The zero-order valence-electron chi connectivity index (χ0n) is 6.90. The highest BCUT2D eigenvalue weighted by Gasteiger charge is 2.08. The van der Waals surface area contributed by atoms with Gasteiger partial charge < -0.3 is 9.57 Å². The number of rotatable bonds is 3. The summed E-state index contributed by atoms with van der Waals surface area (Å²) in [7, 11) is 0. The molecule has 1 aliphatic heterocycles. The molecule has 1 rings (SSSR count). The lowest BCUT2D eigenvalue weighted by molar-refractivity contribution is 0.0203. The molecule has 4 nitrogen and oxygen atoms in total. The fourth-order valence-corrected chi connectivity index (χ4v) is 1.01. The maximum atomic E-state index is 5.17. The molecule has 0 spiro atoms. The topological polar surface area (TPSA) is 47.7 Å². The molecule has 0 aromatic heterocycles. The molecule has 76 valence electrons. The first-order valence-corrected chi connectivity index (χ1v) is 3.55. The molecule has 2 N–H and O–H groups in total. The van der Waals surface area contributed by atoms with Crippen LogP contribution in [0.2, 0.25) is 0 Å². The van der Waals surface area contributed by atoms with E-state index in [1.807, 2.05) is 0 Å². The van der Waals surface area contributed by atoms with Gasteiger partial charge >= 0.3 is 0 Å². The number of morpholine rings is 1. The molecule has 1 aliphatic rings. The third-order valence-electron chi connectivity index (χ3n) is 1.63. The first-order valence-electron chi connectivity index (χ1n) is 3.55. The van der Waals surface area contributed by atoms with Crippen LogP contribution in [0.15, 0.2) is 0 Å². The smallest absolute Gasteiger partial charge is 0.0806 e. The Balaban J connectivity index is 0. The Morgan fingerprint density at radius 2 is 1.83 bits per heavy atom. The largest absolute Gasteiger partial charge is 0.379 e. The Hall–Kier alpha value is 0.420. The maximum absolute atomic E-state index is 5.17. The minimum atomic E-state index is 0. The van der Waals surface area contributed by atoms with Crippen LogP contribution in [0.25, 0.3) is 0 Å². The van der Waals surface area contributed by atoms with Crippen molar-refractivity contribution in [3.63, 3.8) is 0 Å². The Morgan fingerprint density at radius 1 is 1.25 bits per heavy atom. The predicted octanol–water partition coefficient (Wildman–Crippen LogP) is 0.0525. The molecule has 1 saturated heterocycles. The molecule has 1 heterocycles. The van der Waals surface area contributed by atoms with Crippen molar-refractivity contribution in [1.82, 2.24) is 4.90 Å². The van der Waals surface area contributed by atoms with Gasteiger partial charge in [0, 0.05) is 19.6 Å². The van der Waals surface area contributed by atoms with Crippen LogP contribution in [0.3, 0.4) is 0 Å². The molecule has 0 aromatic rings. The summed E-state index contributed by atoms with van der Waals surface area (Å²) in [5.74, 6) is 4.89. The van der Waals surface area contributed by atoms with E-state index >= 15 is 0 Å². The number of hydrogen-bond acceptors (Lipinski definition) is 4. The summed E-state index contributed by atoms with van der Waals surface area (Å²) in [4.78, 5) is 6.74. The van der Waals surface area contributed by atoms with E-state index in [0.29, 0.717) is 6.61 Å². The average molecular weight is 219 g/mol. The van der Waals surface area contributed by atoms with E-state index in [2.05, 4.69) is 9.74 Å². The van der Waals surface area contributed by atoms with Crippen LogP contribution >= 0.6 is 24.8 Å². The fourth-order valence-electron chi connectivity index (χ4n) is 1.01. The molecular formula is C6H16Cl2N2O2. The number of hydrogen-bond donors (Lipinski definition) is 1. The number of nitrogens with two attached hydrogens (primary N) is 1. The van der Waals surface area contributed by atoms with E-state index in [-0.39, 0.29) is 24.8 Å². The monoisotopic (exact) mass is 218 g/mol. The molecule has 0 amide bonds. The maximum Gasteiger partial charge on any atom is 0.0806 e. The lowest BCUT2D eigenvalue weighted by Gasteiger charge is -2.25. The second-order valence-electron chi connectivity index (χ2n) is 2.32. The van der Waals surface area contributed by atoms with Gasteiger partial charge in [0.15, 0.2) is 0 Å². The number of nitrogens with zero attached hydrogens (tertiary/aromatic N) is 1. The van der Waals surface area contributed by atoms with Gasteiger partial charge in [0.25, 0.3) is 0 Å². The molecule has 0 atom stereocenters. The zero-order chi connectivity index (χ0) is 7.23. The molecule has 12 heavy (non-hydrogen) atoms. The van der Waals surface area contributed by atoms with Gasteiger partial charge in [-0.25, -0.2) is 5.90 Å². The number of ether oxygens (including phenoxy) is 1. The van der Waals surface area contributed by atoms with Crippen molar-refractivity contribution >= 4 is 24.8 Å². The van der Waals surface area contributed by atoms with Crippen LogP contribution < -0.4 is 5.90 Å². The standard InChI is InChI=1S/C6H14N2O2.2ClH/c7-10-6-3-8-1-4-9-5-2-8;;/h1-7H2;2*1H. The lowest BCUT2D eigenvalue weighted by Crippen LogP contribution is -2.38. The van der Waals surface area contributed by atoms with E-state index in [9.17, 15) is 0 Å². The van der Waals surface area contributed by atoms with Crippen molar-refractivity contribution in [1.29, 1.82) is 0 Å². The summed E-state index contributed by atoms with van der Waals surface area (Å²) in [6.07, 6.45) is 0. The first-order chi connectivity index (χ1) is 4.93. The van der Waals surface area contributed by atoms with Gasteiger partial charge in [0.1, 0.15) is 0 Å². The van der Waals surface area contributed by atoms with Gasteiger partial charge in [0.2, 0.25) is 0 Å². The Kier molecular flexibility index (Phi) is 11.8. The summed E-state index contributed by atoms with van der Waals surface area (Å²) in [6.45, 7) is 5.21. The number of halogens is 2. The van der Waals surface area contributed by atoms with Crippen molar-refractivity contribution in [2.45, 2.75) is 0 Å². The highest BCUT2D eigenvalue weighted by Crippen LogP contribution is 1.94. The molecular weight excluding hydrogens is 203 g/mol. The molecule has 0 unspecified atom stereocenters. The molecule has 1 fully saturated rings. The molecule has 0 saturated carbocycles. The zero-order valence-corrected chi connectivity index (χ0v) is 8.53. The van der Waals surface area contributed by atoms with Gasteiger partial charge in [-0.3, -0.25) is 4.90 Å². The van der Waals surface area contributed by atoms with Crippen LogP contribution in [-0.2, 0) is 9.57 Å². The van der Waals surface area contributed by atoms with Crippen LogP contribution in [-0.4, -0.2) is 44.4 Å². The van der Waals surface area contributed by atoms with Gasteiger partial charge in [0.05, 0.1) is 19.8 Å². The van der Waals surface area contributed by atoms with Crippen LogP contribution in [0.1, 0.15) is 0 Å². The van der Waals surface area contributed by atoms with Crippen molar-refractivity contribution in [3.05, 3.63) is 0 Å². The van der Waals surface area contributed by atoms with Crippen molar-refractivity contribution in [2.75, 3.05) is 39.5 Å². The summed E-state index contributed by atoms with van der Waals surface area (Å²) in [5, 5.41) is 0. The molecule has 0 bridgehead atoms. The third-order valence-corrected chi connectivity index (χ3v) is 1.63. The van der Waals surface area contributed by atoms with Crippen molar-refractivity contribution in [2.24, 2.45) is 5.90 Å². The van der Waals surface area contributed by atoms with Gasteiger partial charge in [-0.15, -0.1) is 24.8 Å². The Labute approximate surface area is 85.1 Å². The van der Waals surface area contributed by atoms with Crippen molar-refractivity contribution in [3.8, 4) is 0 Å². The summed E-state index contributed by atoms with van der Waals surface area (Å²) in [5.41, 5.74) is 0. The van der Waals surface area contributed by atoms with Crippen LogP contribution in [0.5, 0.6) is 0 Å². The highest BCUT2D eigenvalue weighted by atomic mass is 35.5. The normalized spacial score (nSPS) is 17.8. The first kappa shape index (κ1) is 14.9. The summed E-state index contributed by atoms with van der Waals surface area (Å²) >= 11 is 0. The van der Waals surface area contributed by atoms with E-state index < -0.39 is 0 Å². The van der Waals surface area contributed by atoms with Gasteiger partial charge in [-0.05, 0) is 0 Å². The Morgan fingerprint density at radius 3 is 2.33 bits per heavy atom. The van der Waals surface area contributed by atoms with Crippen LogP contribution in [0.4, 0.5) is 0 Å². The SMILES string of the molecule is Cl.Cl.NOCCN1CCOCC1. The predicted molar refractivity (Wildman–Crippen MR) is 51.9 cm³/mol. The fraction of sp³-hybridized carbons (Fsp3) is 1.00. The minimum Gasteiger partial charge on any atom is -0.379 e. The minimum absolute atomic E-state index is 0.